The normalized spacial score (nSPS) is 29.5. The van der Waals surface area contributed by atoms with Crippen LogP contribution in [0, 0.1) is 23.6 Å². The summed E-state index contributed by atoms with van der Waals surface area (Å²) in [5.41, 5.74) is 0. The number of hydrogen-bond acceptors (Lipinski definition) is 6. The quantitative estimate of drug-likeness (QED) is 0.488. The molecule has 1 aliphatic carbocycles. The predicted octanol–water partition coefficient (Wildman–Crippen LogP) is 2.67. The third-order valence-corrected chi connectivity index (χ3v) is 5.95. The fourth-order valence-electron chi connectivity index (χ4n) is 4.27. The van der Waals surface area contributed by atoms with E-state index in [4.69, 9.17) is 30.9 Å². The fourth-order valence-corrected chi connectivity index (χ4v) is 4.48. The van der Waals surface area contributed by atoms with E-state index in [0.29, 0.717) is 19.6 Å². The highest BCUT2D eigenvalue weighted by molar-refractivity contribution is 6.30. The molecule has 2 fully saturated rings. The number of rotatable bonds is 9. The maximum Gasteiger partial charge on any atom is 0.329 e. The van der Waals surface area contributed by atoms with Crippen molar-refractivity contribution in [2.24, 2.45) is 17.8 Å². The van der Waals surface area contributed by atoms with Crippen molar-refractivity contribution in [2.75, 3.05) is 26.4 Å². The van der Waals surface area contributed by atoms with E-state index >= 15 is 0 Å². The first-order valence-electron chi connectivity index (χ1n) is 10.4. The van der Waals surface area contributed by atoms with Crippen LogP contribution in [0.5, 0.6) is 5.75 Å². The van der Waals surface area contributed by atoms with Crippen LogP contribution < -0.4 is 4.74 Å². The number of carboxylic acid groups (broad SMARTS) is 1. The minimum absolute atomic E-state index is 0.0767. The molecule has 0 radical (unpaired) electrons. The Morgan fingerprint density at radius 2 is 2.16 bits per heavy atom. The van der Waals surface area contributed by atoms with Crippen molar-refractivity contribution in [3.8, 4) is 5.75 Å². The number of aliphatic carboxylic acids is 1. The summed E-state index contributed by atoms with van der Waals surface area (Å²) in [7, 11) is 0. The van der Waals surface area contributed by atoms with E-state index in [2.05, 4.69) is 0 Å². The van der Waals surface area contributed by atoms with Crippen molar-refractivity contribution in [3.05, 3.63) is 41.2 Å². The molecule has 3 N–H and O–H groups in total. The van der Waals surface area contributed by atoms with E-state index in [-0.39, 0.29) is 47.8 Å². The first kappa shape index (κ1) is 23.9. The third kappa shape index (κ3) is 7.15. The van der Waals surface area contributed by atoms with Gasteiger partial charge in [-0.3, -0.25) is 0 Å². The minimum Gasteiger partial charge on any atom is -0.490 e. The number of ether oxygens (including phenoxy) is 3. The molecule has 1 heterocycles. The van der Waals surface area contributed by atoms with Crippen LogP contribution >= 0.6 is 11.6 Å². The van der Waals surface area contributed by atoms with Crippen LogP contribution in [0.15, 0.2) is 30.4 Å². The lowest BCUT2D eigenvalue weighted by molar-refractivity contribution is -0.143. The van der Waals surface area contributed by atoms with Crippen LogP contribution in [0.3, 0.4) is 0 Å². The van der Waals surface area contributed by atoms with Crippen molar-refractivity contribution in [1.82, 2.24) is 0 Å². The number of aliphatic hydroxyl groups is 2. The summed E-state index contributed by atoms with van der Waals surface area (Å²) in [4.78, 5) is 10.6. The summed E-state index contributed by atoms with van der Waals surface area (Å²) >= 11 is 5.79. The molecular weight excluding hydrogens is 431 g/mol. The second-order valence-corrected chi connectivity index (χ2v) is 8.57. The van der Waals surface area contributed by atoms with Crippen molar-refractivity contribution >= 4 is 17.6 Å². The Kier molecular flexibility index (Phi) is 8.68. The first-order chi connectivity index (χ1) is 14.8. The number of carboxylic acids is 1. The third-order valence-electron chi connectivity index (χ3n) is 5.74. The van der Waals surface area contributed by atoms with Crippen LogP contribution in [-0.4, -0.2) is 66.0 Å². The van der Waals surface area contributed by atoms with E-state index in [1.807, 2.05) is 0 Å². The summed E-state index contributed by atoms with van der Waals surface area (Å²) in [5, 5.41) is 29.6. The molecule has 1 aliphatic heterocycles. The van der Waals surface area contributed by atoms with Gasteiger partial charge in [0.1, 0.15) is 30.9 Å². The molecule has 0 aromatic heterocycles. The zero-order valence-corrected chi connectivity index (χ0v) is 17.8. The Morgan fingerprint density at radius 1 is 1.35 bits per heavy atom. The first-order valence-corrected chi connectivity index (χ1v) is 10.7. The molecule has 172 valence electrons. The van der Waals surface area contributed by atoms with Crippen molar-refractivity contribution in [2.45, 2.75) is 37.6 Å². The van der Waals surface area contributed by atoms with E-state index in [0.717, 1.165) is 12.8 Å². The van der Waals surface area contributed by atoms with E-state index in [9.17, 15) is 19.4 Å². The molecule has 0 unspecified atom stereocenters. The molecule has 0 amide bonds. The van der Waals surface area contributed by atoms with Gasteiger partial charge in [0.2, 0.25) is 0 Å². The summed E-state index contributed by atoms with van der Waals surface area (Å²) < 4.78 is 29.9. The van der Waals surface area contributed by atoms with Gasteiger partial charge in [0, 0.05) is 29.3 Å². The largest absolute Gasteiger partial charge is 0.490 e. The van der Waals surface area contributed by atoms with Crippen LogP contribution in [0.1, 0.15) is 19.3 Å². The lowest BCUT2D eigenvalue weighted by atomic mass is 9.87. The molecule has 7 nitrogen and oxygen atoms in total. The number of aliphatic hydroxyl groups excluding tert-OH is 2. The molecule has 1 saturated heterocycles. The second kappa shape index (κ2) is 11.2. The fraction of sp³-hybridized carbons (Fsp3) is 0.591. The standard InChI is InChI=1S/C22H28ClFO7/c23-14-5-15(24)7-17(6-14)30-11-16(25)2-4-18-19-3-1-13(9-29-12-22(27)28)10-31-21(19)8-20(18)26/h2,4-7,13,16,18-21,25-26H,1,3,8-12H2,(H,27,28)/t13-,16-,18-,19-,20-,21+/m1/s1. The lowest BCUT2D eigenvalue weighted by Crippen LogP contribution is -2.22. The molecule has 2 aliphatic rings. The molecule has 6 atom stereocenters. The van der Waals surface area contributed by atoms with Crippen molar-refractivity contribution in [1.29, 1.82) is 0 Å². The maximum absolute atomic E-state index is 13.4. The smallest absolute Gasteiger partial charge is 0.329 e. The Hall–Kier alpha value is -1.71. The Labute approximate surface area is 185 Å². The molecule has 1 aromatic rings. The van der Waals surface area contributed by atoms with Gasteiger partial charge in [0.15, 0.2) is 0 Å². The van der Waals surface area contributed by atoms with Gasteiger partial charge in [-0.15, -0.1) is 0 Å². The summed E-state index contributed by atoms with van der Waals surface area (Å²) in [5.74, 6) is -1.24. The molecule has 31 heavy (non-hydrogen) atoms. The van der Waals surface area contributed by atoms with Gasteiger partial charge >= 0.3 is 5.97 Å². The average molecular weight is 459 g/mol. The van der Waals surface area contributed by atoms with E-state index in [1.54, 1.807) is 12.2 Å². The molecule has 1 saturated carbocycles. The van der Waals surface area contributed by atoms with Gasteiger partial charge in [0.25, 0.3) is 0 Å². The number of benzene rings is 1. The van der Waals surface area contributed by atoms with Crippen LogP contribution in [0.4, 0.5) is 4.39 Å². The van der Waals surface area contributed by atoms with Gasteiger partial charge in [-0.2, -0.15) is 0 Å². The summed E-state index contributed by atoms with van der Waals surface area (Å²) in [6, 6.07) is 3.82. The van der Waals surface area contributed by atoms with Gasteiger partial charge < -0.3 is 29.5 Å². The zero-order chi connectivity index (χ0) is 22.4. The van der Waals surface area contributed by atoms with Gasteiger partial charge in [0.05, 0.1) is 25.4 Å². The SMILES string of the molecule is O=C(O)COC[C@H]1CC[C@@H]2[C@@H](C=C[C@@H](O)COc3cc(F)cc(Cl)c3)[C@H](O)C[C@@H]2OC1. The Morgan fingerprint density at radius 3 is 2.90 bits per heavy atom. The average Bonchev–Trinajstić information content (AvgIpc) is 2.85. The highest BCUT2D eigenvalue weighted by atomic mass is 35.5. The topological polar surface area (TPSA) is 105 Å². The lowest BCUT2D eigenvalue weighted by Gasteiger charge is -2.21. The van der Waals surface area contributed by atoms with Crippen molar-refractivity contribution in [3.63, 3.8) is 0 Å². The summed E-state index contributed by atoms with van der Waals surface area (Å²) in [6.07, 6.45) is 3.92. The molecular formula is C22H28ClFO7. The second-order valence-electron chi connectivity index (χ2n) is 8.14. The van der Waals surface area contributed by atoms with Gasteiger partial charge in [-0.25, -0.2) is 9.18 Å². The van der Waals surface area contributed by atoms with Gasteiger partial charge in [-0.1, -0.05) is 23.8 Å². The van der Waals surface area contributed by atoms with Crippen molar-refractivity contribution < 1.29 is 38.7 Å². The van der Waals surface area contributed by atoms with Gasteiger partial charge in [-0.05, 0) is 30.9 Å². The van der Waals surface area contributed by atoms with Crippen LogP contribution in [0.25, 0.3) is 0 Å². The minimum atomic E-state index is -0.997. The van der Waals surface area contributed by atoms with E-state index in [1.165, 1.54) is 18.2 Å². The number of fused-ring (bicyclic) bond motifs is 1. The number of halogens is 2. The monoisotopic (exact) mass is 458 g/mol. The maximum atomic E-state index is 13.4. The Bertz CT molecular complexity index is 754. The molecule has 1 aromatic carbocycles. The van der Waals surface area contributed by atoms with Crippen LogP contribution in [0.2, 0.25) is 5.02 Å². The Balaban J connectivity index is 1.50. The summed E-state index contributed by atoms with van der Waals surface area (Å²) in [6.45, 7) is 0.396. The molecule has 0 spiro atoms. The number of carbonyl (C=O) groups is 1. The predicted molar refractivity (Wildman–Crippen MR) is 111 cm³/mol. The highest BCUT2D eigenvalue weighted by Gasteiger charge is 2.43. The molecule has 9 heteroatoms. The molecule has 3 rings (SSSR count). The zero-order valence-electron chi connectivity index (χ0n) is 17.0. The highest BCUT2D eigenvalue weighted by Crippen LogP contribution is 2.41. The number of hydrogen-bond donors (Lipinski definition) is 3. The van der Waals surface area contributed by atoms with Crippen LogP contribution in [-0.2, 0) is 14.3 Å². The van der Waals surface area contributed by atoms with E-state index < -0.39 is 24.0 Å². The molecule has 0 bridgehead atoms.